The molecule has 0 spiro atoms. The number of rotatable bonds is 5. The monoisotopic (exact) mass is 435 g/mol. The molecule has 0 aromatic heterocycles. The number of methoxy groups -OCH3 is 2. The molecule has 1 saturated heterocycles. The molecule has 5 rings (SSSR count). The lowest BCUT2D eigenvalue weighted by molar-refractivity contribution is -0.123. The lowest BCUT2D eigenvalue weighted by atomic mass is 9.86. The molecule has 0 bridgehead atoms. The minimum atomic E-state index is -1.43. The van der Waals surface area contributed by atoms with Gasteiger partial charge in [0.25, 0.3) is 11.8 Å². The summed E-state index contributed by atoms with van der Waals surface area (Å²) >= 11 is 0. The Kier molecular flexibility index (Phi) is 4.54. The summed E-state index contributed by atoms with van der Waals surface area (Å²) in [5.41, 5.74) is 1.23. The van der Waals surface area contributed by atoms with Gasteiger partial charge in [-0.1, -0.05) is 6.07 Å². The molecule has 3 aliphatic heterocycles. The van der Waals surface area contributed by atoms with Crippen molar-refractivity contribution in [1.29, 1.82) is 0 Å². The number of imide groups is 1. The molecule has 2 N–H and O–H groups in total. The van der Waals surface area contributed by atoms with E-state index in [9.17, 15) is 14.4 Å². The zero-order valence-electron chi connectivity index (χ0n) is 17.6. The number of carbonyl (C=O) groups excluding carboxylic acids is 3. The molecule has 0 saturated carbocycles. The van der Waals surface area contributed by atoms with E-state index in [0.717, 1.165) is 11.1 Å². The molecule has 0 radical (unpaired) electrons. The predicted octanol–water partition coefficient (Wildman–Crippen LogP) is 1.71. The second kappa shape index (κ2) is 7.30. The van der Waals surface area contributed by atoms with Crippen LogP contribution in [-0.2, 0) is 11.3 Å². The summed E-state index contributed by atoms with van der Waals surface area (Å²) in [6, 6.07) is 10.1. The molecular weight excluding hydrogens is 414 g/mol. The van der Waals surface area contributed by atoms with Crippen molar-refractivity contribution in [2.75, 3.05) is 27.4 Å². The highest BCUT2D eigenvalue weighted by Gasteiger charge is 2.52. The molecule has 164 valence electrons. The van der Waals surface area contributed by atoms with Crippen LogP contribution in [0.5, 0.6) is 17.2 Å². The molecule has 2 aromatic carbocycles. The number of amides is 4. The minimum absolute atomic E-state index is 0.0267. The lowest BCUT2D eigenvalue weighted by Gasteiger charge is -2.34. The Morgan fingerprint density at radius 1 is 1.06 bits per heavy atom. The number of fused-ring (bicyclic) bond motifs is 2. The van der Waals surface area contributed by atoms with Crippen LogP contribution in [0.15, 0.2) is 42.0 Å². The first-order valence-electron chi connectivity index (χ1n) is 10.1. The number of hydrogen-bond donors (Lipinski definition) is 2. The third kappa shape index (κ3) is 3.05. The standard InChI is InChI=1S/C23H21N3O6/c1-30-16-6-4-14-10-26(20(27)18(14)8-16)12-23(21(28)24-22(29)25-23)15-7-13-3-5-17(31-2)9-19(13)32-11-15/h3-9H,10-12H2,1-2H3,(H2,24,25,28,29)/t23-/m0/s1. The Morgan fingerprint density at radius 3 is 2.53 bits per heavy atom. The zero-order valence-corrected chi connectivity index (χ0v) is 17.6. The van der Waals surface area contributed by atoms with Crippen molar-refractivity contribution in [1.82, 2.24) is 15.5 Å². The maximum atomic E-state index is 13.1. The van der Waals surface area contributed by atoms with Crippen molar-refractivity contribution >= 4 is 23.9 Å². The molecule has 1 fully saturated rings. The van der Waals surface area contributed by atoms with Gasteiger partial charge in [0.1, 0.15) is 23.9 Å². The summed E-state index contributed by atoms with van der Waals surface area (Å²) in [6.07, 6.45) is 1.82. The fourth-order valence-corrected chi connectivity index (χ4v) is 4.33. The fourth-order valence-electron chi connectivity index (χ4n) is 4.33. The van der Waals surface area contributed by atoms with E-state index in [2.05, 4.69) is 10.6 Å². The van der Waals surface area contributed by atoms with Gasteiger partial charge in [0, 0.05) is 29.3 Å². The van der Waals surface area contributed by atoms with Gasteiger partial charge in [0.15, 0.2) is 5.54 Å². The van der Waals surface area contributed by atoms with Crippen LogP contribution in [0.2, 0.25) is 0 Å². The highest BCUT2D eigenvalue weighted by molar-refractivity contribution is 6.10. The van der Waals surface area contributed by atoms with Gasteiger partial charge in [-0.05, 0) is 35.9 Å². The molecule has 9 nitrogen and oxygen atoms in total. The molecule has 32 heavy (non-hydrogen) atoms. The first kappa shape index (κ1) is 19.9. The molecule has 0 unspecified atom stereocenters. The molecule has 2 aromatic rings. The zero-order chi connectivity index (χ0) is 22.5. The average molecular weight is 435 g/mol. The van der Waals surface area contributed by atoms with E-state index in [1.807, 2.05) is 18.2 Å². The first-order chi connectivity index (χ1) is 15.4. The summed E-state index contributed by atoms with van der Waals surface area (Å²) in [6.45, 7) is 0.378. The third-order valence-corrected chi connectivity index (χ3v) is 6.05. The lowest BCUT2D eigenvalue weighted by Crippen LogP contribution is -2.57. The second-order valence-electron chi connectivity index (χ2n) is 7.86. The number of ether oxygens (including phenoxy) is 3. The maximum Gasteiger partial charge on any atom is 0.322 e. The molecule has 3 aliphatic rings. The van der Waals surface area contributed by atoms with Crippen LogP contribution in [0.1, 0.15) is 21.5 Å². The normalized spacial score (nSPS) is 21.2. The largest absolute Gasteiger partial charge is 0.497 e. The number of nitrogens with one attached hydrogen (secondary N) is 2. The van der Waals surface area contributed by atoms with Crippen LogP contribution in [0.3, 0.4) is 0 Å². The van der Waals surface area contributed by atoms with Crippen LogP contribution in [0, 0.1) is 0 Å². The highest BCUT2D eigenvalue weighted by atomic mass is 16.5. The Balaban J connectivity index is 1.50. The van der Waals surface area contributed by atoms with Gasteiger partial charge < -0.3 is 24.4 Å². The smallest absolute Gasteiger partial charge is 0.322 e. The van der Waals surface area contributed by atoms with Gasteiger partial charge in [-0.3, -0.25) is 14.9 Å². The van der Waals surface area contributed by atoms with E-state index in [4.69, 9.17) is 14.2 Å². The van der Waals surface area contributed by atoms with Crippen molar-refractivity contribution < 1.29 is 28.6 Å². The predicted molar refractivity (Wildman–Crippen MR) is 114 cm³/mol. The summed E-state index contributed by atoms with van der Waals surface area (Å²) in [5, 5.41) is 5.06. The first-order valence-corrected chi connectivity index (χ1v) is 10.1. The number of urea groups is 1. The van der Waals surface area contributed by atoms with E-state index in [1.54, 1.807) is 36.3 Å². The summed E-state index contributed by atoms with van der Waals surface area (Å²) in [7, 11) is 3.11. The molecule has 3 heterocycles. The molecule has 4 amide bonds. The number of hydrogen-bond acceptors (Lipinski definition) is 6. The van der Waals surface area contributed by atoms with E-state index in [-0.39, 0.29) is 19.1 Å². The Bertz CT molecular complexity index is 1190. The van der Waals surface area contributed by atoms with Crippen molar-refractivity contribution in [3.63, 3.8) is 0 Å². The third-order valence-electron chi connectivity index (χ3n) is 6.05. The SMILES string of the molecule is COc1ccc2c(c1)OCC([C@]1(CN3Cc4ccc(OC)cc4C3=O)NC(=O)NC1=O)=C2. The number of nitrogens with zero attached hydrogens (tertiary/aromatic N) is 1. The van der Waals surface area contributed by atoms with Crippen molar-refractivity contribution in [3.8, 4) is 17.2 Å². The van der Waals surface area contributed by atoms with Crippen molar-refractivity contribution in [2.45, 2.75) is 12.1 Å². The van der Waals surface area contributed by atoms with Crippen LogP contribution < -0.4 is 24.8 Å². The van der Waals surface area contributed by atoms with E-state index in [0.29, 0.717) is 34.9 Å². The Hall–Kier alpha value is -4.01. The van der Waals surface area contributed by atoms with Gasteiger partial charge in [0.2, 0.25) is 0 Å². The average Bonchev–Trinajstić information content (AvgIpc) is 3.27. The van der Waals surface area contributed by atoms with Gasteiger partial charge in [-0.2, -0.15) is 0 Å². The Morgan fingerprint density at radius 2 is 1.81 bits per heavy atom. The maximum absolute atomic E-state index is 13.1. The summed E-state index contributed by atoms with van der Waals surface area (Å²) in [4.78, 5) is 39.8. The van der Waals surface area contributed by atoms with E-state index in [1.165, 1.54) is 7.11 Å². The number of carbonyl (C=O) groups is 3. The van der Waals surface area contributed by atoms with Crippen LogP contribution in [0.25, 0.3) is 6.08 Å². The summed E-state index contributed by atoms with van der Waals surface area (Å²) in [5.74, 6) is 1.10. The highest BCUT2D eigenvalue weighted by Crippen LogP contribution is 2.36. The quantitative estimate of drug-likeness (QED) is 0.693. The van der Waals surface area contributed by atoms with Crippen LogP contribution in [-0.4, -0.2) is 55.7 Å². The van der Waals surface area contributed by atoms with Gasteiger partial charge in [-0.25, -0.2) is 4.79 Å². The molecule has 0 aliphatic carbocycles. The fraction of sp³-hybridized carbons (Fsp3) is 0.261. The Labute approximate surface area is 183 Å². The molecular formula is C23H21N3O6. The minimum Gasteiger partial charge on any atom is -0.497 e. The van der Waals surface area contributed by atoms with Crippen molar-refractivity contribution in [3.05, 3.63) is 58.7 Å². The van der Waals surface area contributed by atoms with E-state index < -0.39 is 17.5 Å². The topological polar surface area (TPSA) is 106 Å². The molecule has 9 heteroatoms. The molecule has 1 atom stereocenters. The van der Waals surface area contributed by atoms with Gasteiger partial charge in [-0.15, -0.1) is 0 Å². The van der Waals surface area contributed by atoms with Crippen LogP contribution >= 0.6 is 0 Å². The summed E-state index contributed by atoms with van der Waals surface area (Å²) < 4.78 is 16.3. The number of benzene rings is 2. The van der Waals surface area contributed by atoms with Crippen LogP contribution in [0.4, 0.5) is 4.79 Å². The second-order valence-corrected chi connectivity index (χ2v) is 7.86. The van der Waals surface area contributed by atoms with Gasteiger partial charge in [0.05, 0.1) is 20.8 Å². The van der Waals surface area contributed by atoms with Crippen molar-refractivity contribution in [2.24, 2.45) is 0 Å². The van der Waals surface area contributed by atoms with Gasteiger partial charge >= 0.3 is 6.03 Å². The van der Waals surface area contributed by atoms with E-state index >= 15 is 0 Å².